The molecule has 0 aliphatic carbocycles. The lowest BCUT2D eigenvalue weighted by atomic mass is 9.89. The maximum Gasteiger partial charge on any atom is 0.311 e. The van der Waals surface area contributed by atoms with Crippen LogP contribution in [0.4, 0.5) is 0 Å². The van der Waals surface area contributed by atoms with E-state index >= 15 is 0 Å². The van der Waals surface area contributed by atoms with Gasteiger partial charge in [0.05, 0.1) is 13.0 Å². The molecule has 1 unspecified atom stereocenters. The van der Waals surface area contributed by atoms with Crippen LogP contribution in [-0.2, 0) is 11.2 Å². The summed E-state index contributed by atoms with van der Waals surface area (Å²) in [6, 6.07) is 13.0. The van der Waals surface area contributed by atoms with Gasteiger partial charge in [0.2, 0.25) is 0 Å². The molecule has 122 valence electrons. The minimum atomic E-state index is -0.893. The number of hydrogen-bond acceptors (Lipinski definition) is 2. The maximum atomic E-state index is 11.8. The molecule has 0 aliphatic heterocycles. The van der Waals surface area contributed by atoms with Crippen molar-refractivity contribution >= 4 is 17.6 Å². The number of halogens is 1. The van der Waals surface area contributed by atoms with E-state index in [-0.39, 0.29) is 0 Å². The highest BCUT2D eigenvalue weighted by Gasteiger charge is 2.24. The summed E-state index contributed by atoms with van der Waals surface area (Å²) in [6.45, 7) is 4.21. The van der Waals surface area contributed by atoms with E-state index in [1.807, 2.05) is 18.2 Å². The van der Waals surface area contributed by atoms with Crippen molar-refractivity contribution in [2.75, 3.05) is 7.11 Å². The van der Waals surface area contributed by atoms with Crippen molar-refractivity contribution in [3.8, 4) is 5.75 Å². The Balaban J connectivity index is 2.43. The van der Waals surface area contributed by atoms with E-state index in [0.717, 1.165) is 11.1 Å². The van der Waals surface area contributed by atoms with Gasteiger partial charge in [-0.25, -0.2) is 0 Å². The fraction of sp³-hybridized carbons (Fsp3) is 0.316. The summed E-state index contributed by atoms with van der Waals surface area (Å²) in [5.41, 5.74) is 2.66. The van der Waals surface area contributed by atoms with Crippen LogP contribution in [0.1, 0.15) is 42.4 Å². The van der Waals surface area contributed by atoms with E-state index in [9.17, 15) is 9.90 Å². The zero-order valence-corrected chi connectivity index (χ0v) is 14.3. The molecule has 0 radical (unpaired) electrons. The van der Waals surface area contributed by atoms with Gasteiger partial charge in [0.15, 0.2) is 0 Å². The van der Waals surface area contributed by atoms with E-state index in [1.54, 1.807) is 31.4 Å². The first-order valence-corrected chi connectivity index (χ1v) is 7.95. The molecular formula is C19H21ClO3. The summed E-state index contributed by atoms with van der Waals surface area (Å²) in [7, 11) is 1.60. The Morgan fingerprint density at radius 3 is 2.48 bits per heavy atom. The van der Waals surface area contributed by atoms with Gasteiger partial charge in [-0.3, -0.25) is 4.79 Å². The van der Waals surface area contributed by atoms with Crippen LogP contribution in [-0.4, -0.2) is 18.2 Å². The van der Waals surface area contributed by atoms with Crippen molar-refractivity contribution in [1.82, 2.24) is 0 Å². The number of benzene rings is 2. The number of hydrogen-bond donors (Lipinski definition) is 1. The Hall–Kier alpha value is -2.00. The molecule has 2 aromatic carbocycles. The van der Waals surface area contributed by atoms with Crippen LogP contribution in [0, 0.1) is 0 Å². The van der Waals surface area contributed by atoms with Crippen molar-refractivity contribution in [3.05, 3.63) is 64.2 Å². The minimum absolute atomic E-state index is 0.336. The summed E-state index contributed by atoms with van der Waals surface area (Å²) < 4.78 is 5.40. The van der Waals surface area contributed by atoms with Gasteiger partial charge >= 0.3 is 5.97 Å². The molecule has 2 aromatic rings. The zero-order valence-electron chi connectivity index (χ0n) is 13.5. The fourth-order valence-corrected chi connectivity index (χ4v) is 2.89. The molecule has 0 saturated heterocycles. The Kier molecular flexibility index (Phi) is 5.67. The molecule has 0 aliphatic rings. The number of methoxy groups -OCH3 is 1. The highest BCUT2D eigenvalue weighted by molar-refractivity contribution is 6.31. The smallest absolute Gasteiger partial charge is 0.311 e. The second-order valence-electron chi connectivity index (χ2n) is 5.84. The summed E-state index contributed by atoms with van der Waals surface area (Å²) >= 11 is 6.19. The molecule has 2 rings (SSSR count). The molecular weight excluding hydrogens is 312 g/mol. The number of ether oxygens (including phenoxy) is 1. The Bertz CT molecular complexity index is 695. The molecule has 1 atom stereocenters. The Morgan fingerprint density at radius 2 is 1.91 bits per heavy atom. The molecule has 4 heteroatoms. The van der Waals surface area contributed by atoms with Crippen molar-refractivity contribution < 1.29 is 14.6 Å². The highest BCUT2D eigenvalue weighted by atomic mass is 35.5. The normalized spacial score (nSPS) is 12.2. The van der Waals surface area contributed by atoms with E-state index in [0.29, 0.717) is 28.7 Å². The van der Waals surface area contributed by atoms with Crippen molar-refractivity contribution in [2.45, 2.75) is 32.1 Å². The van der Waals surface area contributed by atoms with Crippen molar-refractivity contribution in [3.63, 3.8) is 0 Å². The van der Waals surface area contributed by atoms with Gasteiger partial charge in [-0.15, -0.1) is 0 Å². The molecule has 0 saturated carbocycles. The second-order valence-corrected chi connectivity index (χ2v) is 6.25. The molecule has 0 spiro atoms. The first-order chi connectivity index (χ1) is 10.9. The number of aliphatic carboxylic acids is 1. The number of carboxylic acids is 1. The topological polar surface area (TPSA) is 46.5 Å². The predicted molar refractivity (Wildman–Crippen MR) is 92.6 cm³/mol. The molecule has 0 heterocycles. The predicted octanol–water partition coefficient (Wildman–Crippen LogP) is 4.88. The van der Waals surface area contributed by atoms with Crippen LogP contribution in [0.15, 0.2) is 42.5 Å². The average molecular weight is 333 g/mol. The van der Waals surface area contributed by atoms with E-state index in [1.165, 1.54) is 0 Å². The summed E-state index contributed by atoms with van der Waals surface area (Å²) in [6.07, 6.45) is 0.336. The molecule has 0 bridgehead atoms. The Labute approximate surface area is 141 Å². The fourth-order valence-electron chi connectivity index (χ4n) is 2.63. The molecule has 1 N–H and O–H groups in total. The first-order valence-electron chi connectivity index (χ1n) is 7.58. The monoisotopic (exact) mass is 332 g/mol. The summed E-state index contributed by atoms with van der Waals surface area (Å²) in [5, 5.41) is 10.1. The third kappa shape index (κ3) is 4.05. The quantitative estimate of drug-likeness (QED) is 0.819. The van der Waals surface area contributed by atoms with Crippen LogP contribution in [0.5, 0.6) is 5.75 Å². The minimum Gasteiger partial charge on any atom is -0.496 e. The number of carboxylic acid groups (broad SMARTS) is 1. The SMILES string of the molecule is COc1ccc(C(C)C)cc1CC(C(=O)O)c1ccccc1Cl. The number of rotatable bonds is 6. The average Bonchev–Trinajstić information content (AvgIpc) is 2.52. The van der Waals surface area contributed by atoms with Crippen molar-refractivity contribution in [1.29, 1.82) is 0 Å². The lowest BCUT2D eigenvalue weighted by Gasteiger charge is -2.18. The first kappa shape index (κ1) is 17.4. The van der Waals surface area contributed by atoms with Crippen LogP contribution in [0.2, 0.25) is 5.02 Å². The largest absolute Gasteiger partial charge is 0.496 e. The van der Waals surface area contributed by atoms with Crippen LogP contribution in [0.25, 0.3) is 0 Å². The standard InChI is InChI=1S/C19H21ClO3/c1-12(2)13-8-9-18(23-3)14(10-13)11-16(19(21)22)15-6-4-5-7-17(15)20/h4-10,12,16H,11H2,1-3H3,(H,21,22). The number of carbonyl (C=O) groups is 1. The second kappa shape index (κ2) is 7.51. The third-order valence-electron chi connectivity index (χ3n) is 3.97. The molecule has 0 aromatic heterocycles. The van der Waals surface area contributed by atoms with Gasteiger partial charge in [-0.2, -0.15) is 0 Å². The summed E-state index contributed by atoms with van der Waals surface area (Å²) in [5.74, 6) is -0.536. The van der Waals surface area contributed by atoms with Gasteiger partial charge in [0, 0.05) is 5.02 Å². The van der Waals surface area contributed by atoms with Gasteiger partial charge in [0.1, 0.15) is 5.75 Å². The van der Waals surface area contributed by atoms with E-state index in [4.69, 9.17) is 16.3 Å². The highest BCUT2D eigenvalue weighted by Crippen LogP contribution is 2.32. The molecule has 23 heavy (non-hydrogen) atoms. The van der Waals surface area contributed by atoms with Crippen LogP contribution >= 0.6 is 11.6 Å². The lowest BCUT2D eigenvalue weighted by Crippen LogP contribution is -2.15. The molecule has 0 fully saturated rings. The van der Waals surface area contributed by atoms with Crippen LogP contribution < -0.4 is 4.74 Å². The van der Waals surface area contributed by atoms with Gasteiger partial charge < -0.3 is 9.84 Å². The van der Waals surface area contributed by atoms with Gasteiger partial charge in [-0.1, -0.05) is 55.8 Å². The zero-order chi connectivity index (χ0) is 17.0. The molecule has 0 amide bonds. The molecule has 3 nitrogen and oxygen atoms in total. The van der Waals surface area contributed by atoms with Gasteiger partial charge in [-0.05, 0) is 41.2 Å². The van der Waals surface area contributed by atoms with E-state index < -0.39 is 11.9 Å². The Morgan fingerprint density at radius 1 is 1.22 bits per heavy atom. The lowest BCUT2D eigenvalue weighted by molar-refractivity contribution is -0.138. The summed E-state index contributed by atoms with van der Waals surface area (Å²) in [4.78, 5) is 11.8. The van der Waals surface area contributed by atoms with Gasteiger partial charge in [0.25, 0.3) is 0 Å². The third-order valence-corrected chi connectivity index (χ3v) is 4.32. The van der Waals surface area contributed by atoms with E-state index in [2.05, 4.69) is 13.8 Å². The van der Waals surface area contributed by atoms with Crippen molar-refractivity contribution in [2.24, 2.45) is 0 Å². The maximum absolute atomic E-state index is 11.8. The van der Waals surface area contributed by atoms with Crippen LogP contribution in [0.3, 0.4) is 0 Å².